The van der Waals surface area contributed by atoms with Crippen LogP contribution in [0.25, 0.3) is 0 Å². The molecule has 4 unspecified atom stereocenters. The van der Waals surface area contributed by atoms with Crippen LogP contribution in [0.4, 0.5) is 0 Å². The van der Waals surface area contributed by atoms with Crippen molar-refractivity contribution in [2.45, 2.75) is 224 Å². The molecule has 2 saturated heterocycles. The molecule has 2 aliphatic heterocycles. The zero-order chi connectivity index (χ0) is 46.2. The van der Waals surface area contributed by atoms with Crippen LogP contribution in [0.5, 0.6) is 0 Å². The lowest BCUT2D eigenvalue weighted by atomic mass is 9.49. The third kappa shape index (κ3) is 10.6. The number of ether oxygens (including phenoxy) is 4. The number of aliphatic hydroxyl groups excluding tert-OH is 2. The Hall–Kier alpha value is -0.860. The minimum Gasteiger partial charge on any atom is -1.00 e. The van der Waals surface area contributed by atoms with E-state index in [4.69, 9.17) is 18.9 Å². The van der Waals surface area contributed by atoms with Gasteiger partial charge in [-0.05, 0) is 93.9 Å². The molecule has 362 valence electrons. The van der Waals surface area contributed by atoms with E-state index in [-0.39, 0.29) is 44.7 Å². The van der Waals surface area contributed by atoms with Gasteiger partial charge in [0.15, 0.2) is 5.54 Å². The molecule has 1 amide bonds. The Morgan fingerprint density at radius 3 is 1.54 bits per heavy atom. The van der Waals surface area contributed by atoms with Crippen LogP contribution in [-0.4, -0.2) is 137 Å². The molecule has 0 aromatic heterocycles. The van der Waals surface area contributed by atoms with Gasteiger partial charge in [0.2, 0.25) is 5.91 Å². The maximum Gasteiger partial charge on any atom is 0.220 e. The number of nitrogens with zero attached hydrogens (tertiary/aromatic N) is 1. The quantitative estimate of drug-likeness (QED) is 0.0459. The van der Waals surface area contributed by atoms with Crippen molar-refractivity contribution in [1.29, 1.82) is 0 Å². The summed E-state index contributed by atoms with van der Waals surface area (Å²) in [4.78, 5) is 13.9. The van der Waals surface area contributed by atoms with Gasteiger partial charge in [-0.1, -0.05) is 91.2 Å². The number of nitrogens with one attached hydrogen (secondary N) is 1. The molecule has 2 fully saturated rings. The van der Waals surface area contributed by atoms with E-state index in [2.05, 4.69) is 24.4 Å². The Morgan fingerprint density at radius 1 is 0.623 bits per heavy atom. The van der Waals surface area contributed by atoms with Gasteiger partial charge < -0.3 is 61.6 Å². The number of hydrogen-bond donors (Lipinski definition) is 5. The number of quaternary nitrogens is 1. The highest BCUT2D eigenvalue weighted by Crippen LogP contribution is 2.63. The van der Waals surface area contributed by atoms with Gasteiger partial charge in [0.1, 0.15) is 16.8 Å². The molecule has 0 saturated carbocycles. The summed E-state index contributed by atoms with van der Waals surface area (Å²) in [7, 11) is 7.64. The van der Waals surface area contributed by atoms with Gasteiger partial charge in [-0.3, -0.25) is 4.79 Å². The van der Waals surface area contributed by atoms with E-state index in [1.807, 2.05) is 76.5 Å². The van der Waals surface area contributed by atoms with E-state index in [0.29, 0.717) is 17.3 Å². The van der Waals surface area contributed by atoms with Crippen LogP contribution in [0, 0.1) is 10.8 Å². The van der Waals surface area contributed by atoms with Gasteiger partial charge in [0.05, 0.1) is 81.9 Å². The topological polar surface area (TPSA) is 147 Å². The molecule has 2 heterocycles. The highest BCUT2D eigenvalue weighted by molar-refractivity contribution is 5.77. The van der Waals surface area contributed by atoms with E-state index in [1.54, 1.807) is 27.9 Å². The lowest BCUT2D eigenvalue weighted by molar-refractivity contribution is -0.944. The fraction of sp³-hybridized carbons (Fsp3) is 0.939. The second-order valence-electron chi connectivity index (χ2n) is 21.6. The molecule has 2 rings (SSSR count). The summed E-state index contributed by atoms with van der Waals surface area (Å²) >= 11 is 0. The van der Waals surface area contributed by atoms with Gasteiger partial charge in [0, 0.05) is 18.9 Å². The Morgan fingerprint density at radius 2 is 1.08 bits per heavy atom. The summed E-state index contributed by atoms with van der Waals surface area (Å²) in [5, 5.41) is 51.1. The third-order valence-electron chi connectivity index (χ3n) is 17.3. The predicted octanol–water partition coefficient (Wildman–Crippen LogP) is 5.04. The first kappa shape index (κ1) is 58.2. The molecule has 0 bridgehead atoms. The summed E-state index contributed by atoms with van der Waals surface area (Å²) in [6.45, 7) is 21.9. The molecule has 61 heavy (non-hydrogen) atoms. The van der Waals surface area contributed by atoms with Crippen LogP contribution >= 0.6 is 0 Å². The van der Waals surface area contributed by atoms with Crippen LogP contribution in [0.2, 0.25) is 0 Å². The van der Waals surface area contributed by atoms with Crippen LogP contribution in [0.15, 0.2) is 12.2 Å². The molecule has 0 radical (unpaired) electrons. The van der Waals surface area contributed by atoms with Gasteiger partial charge in [-0.15, -0.1) is 0 Å². The van der Waals surface area contributed by atoms with Crippen LogP contribution in [0.1, 0.15) is 179 Å². The highest BCUT2D eigenvalue weighted by atomic mass is 35.5. The largest absolute Gasteiger partial charge is 1.00 e. The number of halogens is 1. The molecule has 0 spiro atoms. The van der Waals surface area contributed by atoms with Crippen molar-refractivity contribution in [2.24, 2.45) is 10.8 Å². The average molecular weight is 892 g/mol. The van der Waals surface area contributed by atoms with E-state index >= 15 is 0 Å². The molecule has 0 aromatic rings. The zero-order valence-electron chi connectivity index (χ0n) is 42.0. The molecule has 0 aromatic carbocycles. The van der Waals surface area contributed by atoms with Crippen molar-refractivity contribution in [3.05, 3.63) is 12.2 Å². The summed E-state index contributed by atoms with van der Waals surface area (Å²) in [6.07, 6.45) is 20.7. The first-order valence-electron chi connectivity index (χ1n) is 23.5. The normalized spacial score (nSPS) is 39.3. The van der Waals surface area contributed by atoms with E-state index in [9.17, 15) is 25.2 Å². The average Bonchev–Trinajstić information content (AvgIpc) is 3.16. The minimum absolute atomic E-state index is 0. The van der Waals surface area contributed by atoms with E-state index in [0.717, 1.165) is 38.5 Å². The fourth-order valence-corrected chi connectivity index (χ4v) is 11.4. The smallest absolute Gasteiger partial charge is 0.220 e. The highest BCUT2D eigenvalue weighted by Gasteiger charge is 2.79. The number of unbranched alkanes of at least 4 members (excludes halogenated alkanes) is 11. The van der Waals surface area contributed by atoms with Crippen molar-refractivity contribution >= 4 is 5.91 Å². The standard InChI is InChI=1S/C49H94N2O9.ClH/c1-17-19-20-21-22-23-24-25-26-27-28-29-30-31-32-33-39(54)50-46(9)44(7,37-57-16)59-43(6,35-53)41(4,48(46,11)55)36-58-38-45(8)47(10,51(13,14)15)49(12,56)40(3,18-2)42(5,34-52)60-45;/h25-26,52-53,55-56H,17-24,27-38H2,1-16H3;1H/b26-25-;/t40-,41-,42?,43?,44+,45+,46?,47?,48-,49-;/m1./s1. The zero-order valence-corrected chi connectivity index (χ0v) is 42.7. The molecule has 12 heteroatoms. The number of rotatable bonds is 26. The van der Waals surface area contributed by atoms with Crippen LogP contribution in [0.3, 0.4) is 0 Å². The molecular formula is C49H95ClN2O9. The number of carbonyl (C=O) groups is 1. The number of hydrogen-bond acceptors (Lipinski definition) is 9. The third-order valence-corrected chi connectivity index (χ3v) is 17.3. The molecule has 5 N–H and O–H groups in total. The van der Waals surface area contributed by atoms with Crippen LogP contribution < -0.4 is 17.7 Å². The predicted molar refractivity (Wildman–Crippen MR) is 243 cm³/mol. The van der Waals surface area contributed by atoms with Gasteiger partial charge in [-0.25, -0.2) is 0 Å². The van der Waals surface area contributed by atoms with Crippen molar-refractivity contribution in [3.8, 4) is 0 Å². The second-order valence-corrected chi connectivity index (χ2v) is 21.6. The summed E-state index contributed by atoms with van der Waals surface area (Å²) in [5.74, 6) is -0.191. The van der Waals surface area contributed by atoms with Crippen molar-refractivity contribution in [3.63, 3.8) is 0 Å². The Balaban J connectivity index is 0.0000186. The van der Waals surface area contributed by atoms with E-state index < -0.39 is 62.1 Å². The van der Waals surface area contributed by atoms with Crippen LogP contribution in [-0.2, 0) is 23.7 Å². The van der Waals surface area contributed by atoms with Crippen molar-refractivity contribution in [2.75, 3.05) is 61.3 Å². The van der Waals surface area contributed by atoms with Gasteiger partial charge in [0.25, 0.3) is 0 Å². The number of carbonyl (C=O) groups excluding carboxylic acids is 1. The van der Waals surface area contributed by atoms with Gasteiger partial charge >= 0.3 is 0 Å². The number of methoxy groups -OCH3 is 1. The fourth-order valence-electron chi connectivity index (χ4n) is 11.4. The first-order valence-corrected chi connectivity index (χ1v) is 23.5. The summed E-state index contributed by atoms with van der Waals surface area (Å²) < 4.78 is 26.7. The Bertz CT molecular complexity index is 1390. The number of allylic oxidation sites excluding steroid dienone is 2. The monoisotopic (exact) mass is 891 g/mol. The molecular weight excluding hydrogens is 796 g/mol. The molecule has 10 atom stereocenters. The maximum atomic E-state index is 13.9. The Labute approximate surface area is 379 Å². The van der Waals surface area contributed by atoms with Gasteiger partial charge in [-0.2, -0.15) is 0 Å². The van der Waals surface area contributed by atoms with Crippen molar-refractivity contribution < 1.29 is 61.1 Å². The van der Waals surface area contributed by atoms with Crippen molar-refractivity contribution in [1.82, 2.24) is 5.32 Å². The SMILES string of the molecule is CCCCCCCC/C=C\CCCCCCCC(=O)NC1(C)[C@](C)(O)[C@](C)(COC[C@]2(C)OC(C)(CO)[C@@](C)(CC)[C@@](C)(O)C2(C)[N+](C)(C)C)C(C)(CO)O[C@@]1(C)COC.[Cl-]. The number of likely N-dealkylation sites (N-methyl/N-ethyl adjacent to an activating group) is 1. The number of aliphatic hydroxyl groups is 4. The maximum absolute atomic E-state index is 13.9. The first-order chi connectivity index (χ1) is 27.6. The summed E-state index contributed by atoms with van der Waals surface area (Å²) in [5.41, 5.74) is -12.5. The molecule has 0 aliphatic carbocycles. The van der Waals surface area contributed by atoms with E-state index in [1.165, 1.54) is 44.9 Å². The second kappa shape index (κ2) is 22.1. The number of amides is 1. The molecule has 11 nitrogen and oxygen atoms in total. The lowest BCUT2D eigenvalue weighted by Gasteiger charge is -2.71. The Kier molecular flexibility index (Phi) is 21.1. The molecule has 2 aliphatic rings. The summed E-state index contributed by atoms with van der Waals surface area (Å²) in [6, 6.07) is 0. The minimum atomic E-state index is -1.73. The lowest BCUT2D eigenvalue weighted by Crippen LogP contribution is -3.00.